The van der Waals surface area contributed by atoms with Crippen molar-refractivity contribution in [2.75, 3.05) is 5.75 Å². The van der Waals surface area contributed by atoms with Gasteiger partial charge in [-0.2, -0.15) is 5.21 Å². The number of rotatable bonds is 7. The number of hydrogen-bond acceptors (Lipinski definition) is 7. The number of benzene rings is 1. The molecule has 0 fully saturated rings. The number of sulfone groups is 1. The quantitative estimate of drug-likeness (QED) is 0.544. The van der Waals surface area contributed by atoms with Gasteiger partial charge in [-0.1, -0.05) is 31.8 Å². The molecule has 11 heteroatoms. The Bertz CT molecular complexity index is 1120. The van der Waals surface area contributed by atoms with E-state index in [0.29, 0.717) is 17.2 Å². The number of aromatic carboxylic acids is 1. The summed E-state index contributed by atoms with van der Waals surface area (Å²) in [6.07, 6.45) is 1.42. The van der Waals surface area contributed by atoms with Crippen molar-refractivity contribution in [3.8, 4) is 22.5 Å². The van der Waals surface area contributed by atoms with Crippen LogP contribution < -0.4 is 0 Å². The first-order chi connectivity index (χ1) is 13.6. The molecule has 0 atom stereocenters. The van der Waals surface area contributed by atoms with Crippen LogP contribution in [0.25, 0.3) is 22.5 Å². The van der Waals surface area contributed by atoms with E-state index >= 15 is 0 Å². The molecule has 1 aromatic carbocycles. The van der Waals surface area contributed by atoms with E-state index in [1.54, 1.807) is 18.2 Å². The summed E-state index contributed by atoms with van der Waals surface area (Å²) in [7, 11) is -5.28. The van der Waals surface area contributed by atoms with Crippen LogP contribution in [0.2, 0.25) is 25.7 Å². The number of carboxylic acid groups (broad SMARTS) is 1. The third kappa shape index (κ3) is 4.74. The van der Waals surface area contributed by atoms with Crippen molar-refractivity contribution in [3.05, 3.63) is 42.1 Å². The van der Waals surface area contributed by atoms with E-state index in [4.69, 9.17) is 5.11 Å². The zero-order chi connectivity index (χ0) is 21.2. The summed E-state index contributed by atoms with van der Waals surface area (Å²) in [4.78, 5) is 15.3. The van der Waals surface area contributed by atoms with Crippen LogP contribution in [0, 0.1) is 0 Å². The molecule has 0 aliphatic rings. The highest BCUT2D eigenvalue weighted by Crippen LogP contribution is 2.35. The Morgan fingerprint density at radius 3 is 2.38 bits per heavy atom. The third-order valence-electron chi connectivity index (χ3n) is 4.34. The number of carboxylic acids is 1. The number of tetrazole rings is 1. The van der Waals surface area contributed by atoms with Crippen LogP contribution in [-0.4, -0.2) is 58.9 Å². The smallest absolute Gasteiger partial charge is 0.335 e. The van der Waals surface area contributed by atoms with Crippen molar-refractivity contribution < 1.29 is 18.3 Å². The molecule has 2 N–H and O–H groups in total. The van der Waals surface area contributed by atoms with Gasteiger partial charge in [-0.05, 0) is 40.6 Å². The molecule has 0 amide bonds. The Morgan fingerprint density at radius 1 is 1.14 bits per heavy atom. The van der Waals surface area contributed by atoms with E-state index < -0.39 is 23.9 Å². The Hall–Kier alpha value is -2.92. The van der Waals surface area contributed by atoms with E-state index in [0.717, 1.165) is 0 Å². The molecule has 3 rings (SSSR count). The highest BCUT2D eigenvalue weighted by molar-refractivity contribution is 7.91. The summed E-state index contributed by atoms with van der Waals surface area (Å²) in [5.41, 5.74) is 1.54. The molecule has 0 aliphatic carbocycles. The van der Waals surface area contributed by atoms with Gasteiger partial charge >= 0.3 is 5.97 Å². The van der Waals surface area contributed by atoms with E-state index in [9.17, 15) is 13.2 Å². The number of nitrogens with one attached hydrogen (secondary N) is 1. The highest BCUT2D eigenvalue weighted by Gasteiger charge is 2.28. The van der Waals surface area contributed by atoms with Crippen LogP contribution in [0.3, 0.4) is 0 Å². The molecular weight excluding hydrogens is 410 g/mol. The Labute approximate surface area is 169 Å². The second-order valence-electron chi connectivity index (χ2n) is 7.79. The standard InChI is InChI=1S/C18H21N5O4SSi/c1-29(2,3)11-10-28(26,27)17-15(16-20-22-23-21-16)14(8-9-19-17)12-4-6-13(7-5-12)18(24)25/h4-9H,10-11H2,1-3H3,(H,24,25)(H,20,21,22,23). The summed E-state index contributed by atoms with van der Waals surface area (Å²) in [6.45, 7) is 6.32. The van der Waals surface area contributed by atoms with Crippen LogP contribution in [0.4, 0.5) is 0 Å². The van der Waals surface area contributed by atoms with Crippen LogP contribution in [-0.2, 0) is 9.84 Å². The molecule has 0 saturated carbocycles. The fraction of sp³-hybridized carbons (Fsp3) is 0.278. The van der Waals surface area contributed by atoms with Crippen molar-refractivity contribution in [2.45, 2.75) is 30.7 Å². The van der Waals surface area contributed by atoms with Gasteiger partial charge in [0.1, 0.15) is 0 Å². The zero-order valence-corrected chi connectivity index (χ0v) is 18.1. The van der Waals surface area contributed by atoms with Gasteiger partial charge < -0.3 is 5.11 Å². The lowest BCUT2D eigenvalue weighted by Crippen LogP contribution is -2.24. The minimum Gasteiger partial charge on any atom is -0.478 e. The first-order valence-electron chi connectivity index (χ1n) is 8.88. The predicted octanol–water partition coefficient (Wildman–Crippen LogP) is 2.74. The molecule has 29 heavy (non-hydrogen) atoms. The first-order valence-corrected chi connectivity index (χ1v) is 14.2. The molecule has 0 radical (unpaired) electrons. The number of aromatic amines is 1. The van der Waals surface area contributed by atoms with Gasteiger partial charge in [-0.15, -0.1) is 10.2 Å². The maximum Gasteiger partial charge on any atom is 0.335 e. The summed E-state index contributed by atoms with van der Waals surface area (Å²) in [5, 5.41) is 22.8. The van der Waals surface area contributed by atoms with E-state index in [1.807, 2.05) is 0 Å². The molecule has 9 nitrogen and oxygen atoms in total. The van der Waals surface area contributed by atoms with Crippen molar-refractivity contribution in [1.82, 2.24) is 25.6 Å². The first kappa shape index (κ1) is 20.8. The topological polar surface area (TPSA) is 139 Å². The van der Waals surface area contributed by atoms with Crippen molar-refractivity contribution in [1.29, 1.82) is 0 Å². The molecule has 0 bridgehead atoms. The molecule has 0 spiro atoms. The molecule has 0 saturated heterocycles. The average molecular weight is 432 g/mol. The zero-order valence-electron chi connectivity index (χ0n) is 16.2. The third-order valence-corrected chi connectivity index (χ3v) is 8.10. The average Bonchev–Trinajstić information content (AvgIpc) is 3.20. The fourth-order valence-corrected chi connectivity index (χ4v) is 7.18. The lowest BCUT2D eigenvalue weighted by Gasteiger charge is -2.17. The SMILES string of the molecule is C[Si](C)(C)CCS(=O)(=O)c1nccc(-c2ccc(C(=O)O)cc2)c1-c1nn[nH]n1. The second-order valence-corrected chi connectivity index (χ2v) is 15.4. The van der Waals surface area contributed by atoms with Crippen molar-refractivity contribution >= 4 is 23.9 Å². The summed E-state index contributed by atoms with van der Waals surface area (Å²) in [6, 6.07) is 8.38. The van der Waals surface area contributed by atoms with Gasteiger partial charge in [0.25, 0.3) is 0 Å². The van der Waals surface area contributed by atoms with Crippen LogP contribution in [0.1, 0.15) is 10.4 Å². The Balaban J connectivity index is 2.16. The maximum atomic E-state index is 13.1. The normalized spacial score (nSPS) is 12.1. The van der Waals surface area contributed by atoms with Gasteiger partial charge in [0, 0.05) is 14.3 Å². The van der Waals surface area contributed by atoms with Gasteiger partial charge in [-0.3, -0.25) is 0 Å². The minimum atomic E-state index is -3.69. The minimum absolute atomic E-state index is 0.0119. The van der Waals surface area contributed by atoms with E-state index in [-0.39, 0.29) is 27.7 Å². The summed E-state index contributed by atoms with van der Waals surface area (Å²) in [5.74, 6) is -0.941. The molecular formula is C18H21N5O4SSi. The second kappa shape index (κ2) is 7.83. The van der Waals surface area contributed by atoms with E-state index in [2.05, 4.69) is 45.2 Å². The summed E-state index contributed by atoms with van der Waals surface area (Å²) >= 11 is 0. The molecule has 3 aromatic rings. The lowest BCUT2D eigenvalue weighted by molar-refractivity contribution is 0.0697. The Morgan fingerprint density at radius 2 is 1.83 bits per heavy atom. The van der Waals surface area contributed by atoms with Crippen molar-refractivity contribution in [2.24, 2.45) is 0 Å². The van der Waals surface area contributed by atoms with E-state index in [1.165, 1.54) is 18.3 Å². The lowest BCUT2D eigenvalue weighted by atomic mass is 10.00. The van der Waals surface area contributed by atoms with Gasteiger partial charge in [0.05, 0.1) is 16.9 Å². The molecule has 0 unspecified atom stereocenters. The monoisotopic (exact) mass is 431 g/mol. The Kier molecular flexibility index (Phi) is 5.62. The fourth-order valence-electron chi connectivity index (χ4n) is 2.73. The number of H-pyrrole nitrogens is 1. The maximum absolute atomic E-state index is 13.1. The number of hydrogen-bond donors (Lipinski definition) is 2. The van der Waals surface area contributed by atoms with Gasteiger partial charge in [0.15, 0.2) is 14.9 Å². The number of carbonyl (C=O) groups is 1. The van der Waals surface area contributed by atoms with Gasteiger partial charge in [0.2, 0.25) is 5.82 Å². The van der Waals surface area contributed by atoms with Gasteiger partial charge in [-0.25, -0.2) is 18.2 Å². The largest absolute Gasteiger partial charge is 0.478 e. The number of aromatic nitrogens is 5. The van der Waals surface area contributed by atoms with Crippen LogP contribution >= 0.6 is 0 Å². The number of nitrogens with zero attached hydrogens (tertiary/aromatic N) is 4. The predicted molar refractivity (Wildman–Crippen MR) is 110 cm³/mol. The number of pyridine rings is 1. The molecule has 2 heterocycles. The molecule has 2 aromatic heterocycles. The van der Waals surface area contributed by atoms with Crippen LogP contribution in [0.15, 0.2) is 41.6 Å². The molecule has 152 valence electrons. The highest BCUT2D eigenvalue weighted by atomic mass is 32.2. The summed E-state index contributed by atoms with van der Waals surface area (Å²) < 4.78 is 26.2. The molecule has 0 aliphatic heterocycles. The van der Waals surface area contributed by atoms with Crippen molar-refractivity contribution in [3.63, 3.8) is 0 Å². The van der Waals surface area contributed by atoms with Crippen LogP contribution in [0.5, 0.6) is 0 Å².